The number of halogens is 1. The molecule has 2 heterocycles. The van der Waals surface area contributed by atoms with E-state index in [9.17, 15) is 4.79 Å². The number of piperidine rings is 1. The van der Waals surface area contributed by atoms with Crippen LogP contribution in [0, 0.1) is 5.92 Å². The highest BCUT2D eigenvalue weighted by Crippen LogP contribution is 2.17. The van der Waals surface area contributed by atoms with Gasteiger partial charge in [-0.05, 0) is 59.9 Å². The Hall–Kier alpha value is -0.940. The molecular formula is C12H16BrN3O. The maximum absolute atomic E-state index is 11.8. The van der Waals surface area contributed by atoms with E-state index in [1.807, 2.05) is 12.1 Å². The average molecular weight is 298 g/mol. The molecule has 0 aliphatic carbocycles. The summed E-state index contributed by atoms with van der Waals surface area (Å²) in [4.78, 5) is 15.9. The minimum absolute atomic E-state index is 0.0843. The van der Waals surface area contributed by atoms with E-state index in [-0.39, 0.29) is 5.91 Å². The second-order valence-electron chi connectivity index (χ2n) is 4.32. The fourth-order valence-electron chi connectivity index (χ4n) is 2.01. The highest BCUT2D eigenvalue weighted by Gasteiger charge is 2.16. The van der Waals surface area contributed by atoms with E-state index < -0.39 is 0 Å². The average Bonchev–Trinajstić information content (AvgIpc) is 2.33. The molecular weight excluding hydrogens is 282 g/mol. The molecule has 1 saturated heterocycles. The molecule has 0 bridgehead atoms. The van der Waals surface area contributed by atoms with E-state index >= 15 is 0 Å². The van der Waals surface area contributed by atoms with Crippen molar-refractivity contribution in [2.45, 2.75) is 19.3 Å². The van der Waals surface area contributed by atoms with Crippen LogP contribution in [0.15, 0.2) is 22.9 Å². The Morgan fingerprint density at radius 1 is 1.47 bits per heavy atom. The molecule has 4 nitrogen and oxygen atoms in total. The van der Waals surface area contributed by atoms with Gasteiger partial charge in [0.05, 0.1) is 11.9 Å². The molecule has 0 spiro atoms. The molecule has 0 unspecified atom stereocenters. The molecule has 1 aliphatic heterocycles. The smallest absolute Gasteiger partial charge is 0.224 e. The van der Waals surface area contributed by atoms with Gasteiger partial charge in [-0.3, -0.25) is 4.79 Å². The second-order valence-corrected chi connectivity index (χ2v) is 5.13. The fourth-order valence-corrected chi connectivity index (χ4v) is 2.24. The quantitative estimate of drug-likeness (QED) is 0.841. The number of hydrogen-bond donors (Lipinski definition) is 2. The predicted octanol–water partition coefficient (Wildman–Crippen LogP) is 2.17. The summed E-state index contributed by atoms with van der Waals surface area (Å²) in [6.07, 6.45) is 4.44. The summed E-state index contributed by atoms with van der Waals surface area (Å²) in [7, 11) is 0. The number of pyridine rings is 1. The van der Waals surface area contributed by atoms with Crippen LogP contribution in [0.4, 0.5) is 5.69 Å². The fraction of sp³-hybridized carbons (Fsp3) is 0.500. The monoisotopic (exact) mass is 297 g/mol. The summed E-state index contributed by atoms with van der Waals surface area (Å²) in [6.45, 7) is 2.05. The Labute approximate surface area is 109 Å². The van der Waals surface area contributed by atoms with E-state index in [0.717, 1.165) is 36.2 Å². The minimum atomic E-state index is 0.0843. The van der Waals surface area contributed by atoms with Gasteiger partial charge in [-0.2, -0.15) is 0 Å². The third kappa shape index (κ3) is 4.09. The van der Waals surface area contributed by atoms with Gasteiger partial charge in [-0.15, -0.1) is 0 Å². The summed E-state index contributed by atoms with van der Waals surface area (Å²) >= 11 is 3.26. The first kappa shape index (κ1) is 12.5. The summed E-state index contributed by atoms with van der Waals surface area (Å²) in [5, 5.41) is 6.17. The topological polar surface area (TPSA) is 54.0 Å². The van der Waals surface area contributed by atoms with E-state index in [4.69, 9.17) is 0 Å². The number of carbonyl (C=O) groups is 1. The van der Waals surface area contributed by atoms with Crippen LogP contribution in [-0.2, 0) is 4.79 Å². The minimum Gasteiger partial charge on any atom is -0.325 e. The van der Waals surface area contributed by atoms with Gasteiger partial charge >= 0.3 is 0 Å². The third-order valence-corrected chi connectivity index (χ3v) is 3.41. The number of nitrogens with zero attached hydrogens (tertiary/aromatic N) is 1. The third-order valence-electron chi connectivity index (χ3n) is 2.94. The zero-order valence-electron chi connectivity index (χ0n) is 9.58. The number of nitrogens with one attached hydrogen (secondary N) is 2. The largest absolute Gasteiger partial charge is 0.325 e. The first-order chi connectivity index (χ1) is 8.24. The number of aromatic nitrogens is 1. The van der Waals surface area contributed by atoms with Crippen LogP contribution < -0.4 is 10.6 Å². The van der Waals surface area contributed by atoms with Crippen molar-refractivity contribution in [1.29, 1.82) is 0 Å². The lowest BCUT2D eigenvalue weighted by molar-refractivity contribution is -0.117. The van der Waals surface area contributed by atoms with Crippen molar-refractivity contribution >= 4 is 27.5 Å². The van der Waals surface area contributed by atoms with Crippen molar-refractivity contribution in [2.75, 3.05) is 18.4 Å². The van der Waals surface area contributed by atoms with Gasteiger partial charge in [0.2, 0.25) is 5.91 Å². The normalized spacial score (nSPS) is 16.8. The number of hydrogen-bond acceptors (Lipinski definition) is 3. The number of rotatable bonds is 3. The Kier molecular flexibility index (Phi) is 4.50. The van der Waals surface area contributed by atoms with Crippen LogP contribution >= 0.6 is 15.9 Å². The molecule has 1 aromatic rings. The van der Waals surface area contributed by atoms with Gasteiger partial charge in [0, 0.05) is 6.42 Å². The highest BCUT2D eigenvalue weighted by molar-refractivity contribution is 9.10. The molecule has 1 aliphatic rings. The Morgan fingerprint density at radius 2 is 2.24 bits per heavy atom. The molecule has 2 N–H and O–H groups in total. The molecule has 0 radical (unpaired) electrons. The molecule has 0 atom stereocenters. The van der Waals surface area contributed by atoms with Crippen LogP contribution in [0.5, 0.6) is 0 Å². The second kappa shape index (κ2) is 6.12. The Bertz CT molecular complexity index is 374. The molecule has 92 valence electrons. The summed E-state index contributed by atoms with van der Waals surface area (Å²) in [5.74, 6) is 0.598. The van der Waals surface area contributed by atoms with Crippen molar-refractivity contribution in [1.82, 2.24) is 10.3 Å². The first-order valence-electron chi connectivity index (χ1n) is 5.86. The van der Waals surface area contributed by atoms with Crippen LogP contribution in [0.2, 0.25) is 0 Å². The van der Waals surface area contributed by atoms with E-state index in [2.05, 4.69) is 31.5 Å². The van der Waals surface area contributed by atoms with Gasteiger partial charge in [-0.25, -0.2) is 4.98 Å². The molecule has 1 fully saturated rings. The van der Waals surface area contributed by atoms with Crippen LogP contribution in [-0.4, -0.2) is 24.0 Å². The highest BCUT2D eigenvalue weighted by atomic mass is 79.9. The van der Waals surface area contributed by atoms with Crippen molar-refractivity contribution < 1.29 is 4.79 Å². The molecule has 17 heavy (non-hydrogen) atoms. The standard InChI is InChI=1S/C12H16BrN3O/c13-11-2-1-10(8-15-11)16-12(17)7-9-3-5-14-6-4-9/h1-2,8-9,14H,3-7H2,(H,16,17). The van der Waals surface area contributed by atoms with E-state index in [0.29, 0.717) is 12.3 Å². The lowest BCUT2D eigenvalue weighted by atomic mass is 9.94. The Balaban J connectivity index is 1.82. The summed E-state index contributed by atoms with van der Waals surface area (Å²) in [6, 6.07) is 3.66. The maximum Gasteiger partial charge on any atom is 0.224 e. The zero-order valence-corrected chi connectivity index (χ0v) is 11.2. The van der Waals surface area contributed by atoms with Crippen molar-refractivity contribution in [3.63, 3.8) is 0 Å². The van der Waals surface area contributed by atoms with Gasteiger partial charge in [0.15, 0.2) is 0 Å². The molecule has 1 amide bonds. The number of anilines is 1. The van der Waals surface area contributed by atoms with Crippen LogP contribution in [0.1, 0.15) is 19.3 Å². The summed E-state index contributed by atoms with van der Waals surface area (Å²) < 4.78 is 0.772. The lowest BCUT2D eigenvalue weighted by Gasteiger charge is -2.21. The van der Waals surface area contributed by atoms with Gasteiger partial charge in [0.1, 0.15) is 4.60 Å². The Morgan fingerprint density at radius 3 is 2.88 bits per heavy atom. The zero-order chi connectivity index (χ0) is 12.1. The lowest BCUT2D eigenvalue weighted by Crippen LogP contribution is -2.30. The van der Waals surface area contributed by atoms with Gasteiger partial charge in [-0.1, -0.05) is 0 Å². The number of amides is 1. The van der Waals surface area contributed by atoms with E-state index in [1.165, 1.54) is 0 Å². The van der Waals surface area contributed by atoms with Crippen molar-refractivity contribution in [3.8, 4) is 0 Å². The van der Waals surface area contributed by atoms with Crippen LogP contribution in [0.25, 0.3) is 0 Å². The molecule has 2 rings (SSSR count). The maximum atomic E-state index is 11.8. The van der Waals surface area contributed by atoms with Gasteiger partial charge in [0.25, 0.3) is 0 Å². The van der Waals surface area contributed by atoms with Crippen molar-refractivity contribution in [3.05, 3.63) is 22.9 Å². The summed E-state index contributed by atoms with van der Waals surface area (Å²) in [5.41, 5.74) is 0.757. The first-order valence-corrected chi connectivity index (χ1v) is 6.65. The SMILES string of the molecule is O=C(CC1CCNCC1)Nc1ccc(Br)nc1. The van der Waals surface area contributed by atoms with Gasteiger partial charge < -0.3 is 10.6 Å². The molecule has 1 aromatic heterocycles. The molecule has 0 aromatic carbocycles. The number of carbonyl (C=O) groups excluding carboxylic acids is 1. The molecule has 0 saturated carbocycles. The van der Waals surface area contributed by atoms with E-state index in [1.54, 1.807) is 6.20 Å². The van der Waals surface area contributed by atoms with Crippen molar-refractivity contribution in [2.24, 2.45) is 5.92 Å². The van der Waals surface area contributed by atoms with Crippen LogP contribution in [0.3, 0.4) is 0 Å². The molecule has 5 heteroatoms. The predicted molar refractivity (Wildman–Crippen MR) is 70.8 cm³/mol.